The molecule has 0 spiro atoms. The summed E-state index contributed by atoms with van der Waals surface area (Å²) in [6.07, 6.45) is 0. The van der Waals surface area contributed by atoms with Gasteiger partial charge in [0.2, 0.25) is 0 Å². The maximum atomic E-state index is 11.8. The van der Waals surface area contributed by atoms with Crippen molar-refractivity contribution in [1.29, 1.82) is 0 Å². The molecule has 0 saturated heterocycles. The van der Waals surface area contributed by atoms with Crippen LogP contribution in [-0.4, -0.2) is 12.4 Å². The molecule has 2 aromatic carbocycles. The highest BCUT2D eigenvalue weighted by atomic mass is 35.5. The van der Waals surface area contributed by atoms with E-state index in [-0.39, 0.29) is 12.4 Å². The topological polar surface area (TPSA) is 26.3 Å². The van der Waals surface area contributed by atoms with Gasteiger partial charge in [-0.25, -0.2) is 0 Å². The van der Waals surface area contributed by atoms with Crippen LogP contribution in [0.2, 0.25) is 10.0 Å². The normalized spacial score (nSPS) is 10.1. The molecule has 0 heterocycles. The van der Waals surface area contributed by atoms with E-state index in [0.29, 0.717) is 21.4 Å². The molecule has 0 unspecified atom stereocenters. The summed E-state index contributed by atoms with van der Waals surface area (Å²) < 4.78 is 5.37. The minimum atomic E-state index is -0.127. The third kappa shape index (κ3) is 3.49. The lowest BCUT2D eigenvalue weighted by molar-refractivity contribution is 0.0921. The first-order valence-electron chi connectivity index (χ1n) is 5.32. The van der Waals surface area contributed by atoms with Gasteiger partial charge in [-0.1, -0.05) is 41.4 Å². The molecule has 0 aromatic heterocycles. The van der Waals surface area contributed by atoms with E-state index in [1.54, 1.807) is 48.5 Å². The van der Waals surface area contributed by atoms with E-state index in [1.807, 2.05) is 0 Å². The summed E-state index contributed by atoms with van der Waals surface area (Å²) in [7, 11) is 0. The molecule has 0 fully saturated rings. The maximum Gasteiger partial charge on any atom is 0.200 e. The average Bonchev–Trinajstić information content (AvgIpc) is 2.36. The van der Waals surface area contributed by atoms with Crippen LogP contribution in [0.4, 0.5) is 0 Å². The van der Waals surface area contributed by atoms with Crippen LogP contribution in [0.15, 0.2) is 48.5 Å². The summed E-state index contributed by atoms with van der Waals surface area (Å²) in [5.74, 6) is 0.440. The zero-order valence-corrected chi connectivity index (χ0v) is 10.9. The van der Waals surface area contributed by atoms with Crippen LogP contribution in [0.5, 0.6) is 5.75 Å². The van der Waals surface area contributed by atoms with E-state index in [4.69, 9.17) is 27.9 Å². The van der Waals surface area contributed by atoms with Gasteiger partial charge < -0.3 is 4.74 Å². The summed E-state index contributed by atoms with van der Waals surface area (Å²) in [4.78, 5) is 11.8. The van der Waals surface area contributed by atoms with Gasteiger partial charge in [-0.3, -0.25) is 4.79 Å². The van der Waals surface area contributed by atoms with Crippen molar-refractivity contribution in [2.45, 2.75) is 0 Å². The van der Waals surface area contributed by atoms with Gasteiger partial charge in [0.15, 0.2) is 12.4 Å². The van der Waals surface area contributed by atoms with Crippen LogP contribution >= 0.6 is 23.2 Å². The summed E-state index contributed by atoms with van der Waals surface area (Å²) in [6.45, 7) is -0.0410. The molecule has 92 valence electrons. The van der Waals surface area contributed by atoms with Crippen LogP contribution in [-0.2, 0) is 0 Å². The highest BCUT2D eigenvalue weighted by molar-refractivity contribution is 6.31. The Morgan fingerprint density at radius 1 is 1.00 bits per heavy atom. The van der Waals surface area contributed by atoms with Crippen molar-refractivity contribution in [3.05, 3.63) is 64.1 Å². The summed E-state index contributed by atoms with van der Waals surface area (Å²) >= 11 is 11.6. The minimum absolute atomic E-state index is 0.0410. The molecule has 0 bridgehead atoms. The van der Waals surface area contributed by atoms with Crippen LogP contribution < -0.4 is 4.74 Å². The molecule has 0 atom stereocenters. The van der Waals surface area contributed by atoms with Gasteiger partial charge in [0.25, 0.3) is 0 Å². The second-order valence-electron chi connectivity index (χ2n) is 3.68. The van der Waals surface area contributed by atoms with Crippen LogP contribution in [0.1, 0.15) is 10.4 Å². The van der Waals surface area contributed by atoms with E-state index in [1.165, 1.54) is 0 Å². The Bertz CT molecular complexity index is 567. The number of carbonyl (C=O) groups is 1. The third-order valence-corrected chi connectivity index (χ3v) is 2.78. The molecule has 18 heavy (non-hydrogen) atoms. The van der Waals surface area contributed by atoms with Gasteiger partial charge in [-0.15, -0.1) is 0 Å². The lowest BCUT2D eigenvalue weighted by atomic mass is 10.1. The first-order valence-corrected chi connectivity index (χ1v) is 6.08. The second-order valence-corrected chi connectivity index (χ2v) is 4.55. The van der Waals surface area contributed by atoms with E-state index in [0.717, 1.165) is 0 Å². The highest BCUT2D eigenvalue weighted by Crippen LogP contribution is 2.17. The summed E-state index contributed by atoms with van der Waals surface area (Å²) in [5.41, 5.74) is 0.532. The fourth-order valence-electron chi connectivity index (χ4n) is 1.45. The Hall–Kier alpha value is -1.51. The molecule has 0 radical (unpaired) electrons. The molecular formula is C14H10Cl2O2. The van der Waals surface area contributed by atoms with E-state index >= 15 is 0 Å². The average molecular weight is 281 g/mol. The number of benzene rings is 2. The second kappa shape index (κ2) is 5.89. The quantitative estimate of drug-likeness (QED) is 0.783. The summed E-state index contributed by atoms with van der Waals surface area (Å²) in [5, 5.41) is 1.10. The fourth-order valence-corrected chi connectivity index (χ4v) is 1.82. The number of Topliss-reactive ketones (excluding diaryl/α,β-unsaturated/α-hetero) is 1. The van der Waals surface area contributed by atoms with Crippen molar-refractivity contribution in [1.82, 2.24) is 0 Å². The number of carbonyl (C=O) groups excluding carboxylic acids is 1. The largest absolute Gasteiger partial charge is 0.485 e. The Morgan fingerprint density at radius 2 is 1.67 bits per heavy atom. The van der Waals surface area contributed by atoms with Crippen molar-refractivity contribution in [2.75, 3.05) is 6.61 Å². The molecule has 2 aromatic rings. The third-order valence-electron chi connectivity index (χ3n) is 2.31. The molecule has 0 N–H and O–H groups in total. The number of hydrogen-bond acceptors (Lipinski definition) is 2. The molecule has 2 nitrogen and oxygen atoms in total. The van der Waals surface area contributed by atoms with Gasteiger partial charge in [0, 0.05) is 15.6 Å². The Balaban J connectivity index is 2.00. The lowest BCUT2D eigenvalue weighted by Crippen LogP contribution is -2.11. The predicted molar refractivity (Wildman–Crippen MR) is 72.7 cm³/mol. The molecule has 4 heteroatoms. The first-order chi connectivity index (χ1) is 8.65. The molecule has 0 aliphatic carbocycles. The smallest absolute Gasteiger partial charge is 0.200 e. The van der Waals surface area contributed by atoms with Gasteiger partial charge in [0.1, 0.15) is 5.75 Å². The lowest BCUT2D eigenvalue weighted by Gasteiger charge is -2.06. The number of ketones is 1. The molecule has 0 aliphatic rings. The minimum Gasteiger partial charge on any atom is -0.485 e. The number of rotatable bonds is 4. The van der Waals surface area contributed by atoms with Crippen LogP contribution in [0.3, 0.4) is 0 Å². The van der Waals surface area contributed by atoms with Crippen LogP contribution in [0.25, 0.3) is 0 Å². The number of ether oxygens (including phenoxy) is 1. The first kappa shape index (κ1) is 12.9. The van der Waals surface area contributed by atoms with Crippen molar-refractivity contribution in [3.8, 4) is 5.75 Å². The molecule has 2 rings (SSSR count). The standard InChI is InChI=1S/C14H10Cl2O2/c15-11-4-1-3-10(7-11)14(17)9-18-13-6-2-5-12(16)8-13/h1-8H,9H2. The van der Waals surface area contributed by atoms with Crippen molar-refractivity contribution in [2.24, 2.45) is 0 Å². The van der Waals surface area contributed by atoms with Crippen LogP contribution in [0, 0.1) is 0 Å². The van der Waals surface area contributed by atoms with Gasteiger partial charge in [-0.05, 0) is 30.3 Å². The predicted octanol–water partition coefficient (Wildman–Crippen LogP) is 4.26. The van der Waals surface area contributed by atoms with Crippen molar-refractivity contribution < 1.29 is 9.53 Å². The van der Waals surface area contributed by atoms with Crippen molar-refractivity contribution in [3.63, 3.8) is 0 Å². The Morgan fingerprint density at radius 3 is 2.33 bits per heavy atom. The zero-order valence-electron chi connectivity index (χ0n) is 9.40. The number of halogens is 2. The van der Waals surface area contributed by atoms with Crippen molar-refractivity contribution >= 4 is 29.0 Å². The van der Waals surface area contributed by atoms with Gasteiger partial charge >= 0.3 is 0 Å². The Kier molecular flexibility index (Phi) is 4.24. The molecule has 0 aliphatic heterocycles. The van der Waals surface area contributed by atoms with E-state index in [2.05, 4.69) is 0 Å². The highest BCUT2D eigenvalue weighted by Gasteiger charge is 2.07. The van der Waals surface area contributed by atoms with E-state index < -0.39 is 0 Å². The van der Waals surface area contributed by atoms with E-state index in [9.17, 15) is 4.79 Å². The molecule has 0 amide bonds. The van der Waals surface area contributed by atoms with Gasteiger partial charge in [0.05, 0.1) is 0 Å². The molecular weight excluding hydrogens is 271 g/mol. The maximum absolute atomic E-state index is 11.8. The monoisotopic (exact) mass is 280 g/mol. The zero-order chi connectivity index (χ0) is 13.0. The Labute approximate surface area is 115 Å². The summed E-state index contributed by atoms with van der Waals surface area (Å²) in [6, 6.07) is 13.7. The van der Waals surface area contributed by atoms with Gasteiger partial charge in [-0.2, -0.15) is 0 Å². The molecule has 0 saturated carbocycles. The fraction of sp³-hybridized carbons (Fsp3) is 0.0714. The SMILES string of the molecule is O=C(COc1cccc(Cl)c1)c1cccc(Cl)c1. The number of hydrogen-bond donors (Lipinski definition) is 0.